The summed E-state index contributed by atoms with van der Waals surface area (Å²) in [6.45, 7) is 6.48. The normalized spacial score (nSPS) is 12.0. The van der Waals surface area contributed by atoms with E-state index in [1.165, 1.54) is 23.1 Å². The van der Waals surface area contributed by atoms with E-state index in [4.69, 9.17) is 4.74 Å². The number of para-hydroxylation sites is 1. The highest BCUT2D eigenvalue weighted by molar-refractivity contribution is 8.01. The first-order valence-corrected chi connectivity index (χ1v) is 9.33. The van der Waals surface area contributed by atoms with Crippen molar-refractivity contribution in [2.75, 3.05) is 5.75 Å². The second kappa shape index (κ2) is 8.88. The number of aromatic nitrogens is 2. The van der Waals surface area contributed by atoms with Crippen molar-refractivity contribution in [1.82, 2.24) is 15.5 Å². The van der Waals surface area contributed by atoms with Gasteiger partial charge in [-0.3, -0.25) is 4.79 Å². The van der Waals surface area contributed by atoms with Crippen LogP contribution in [0.15, 0.2) is 28.6 Å². The molecule has 0 radical (unpaired) electrons. The maximum absolute atomic E-state index is 12.0. The number of carbonyl (C=O) groups excluding carboxylic acids is 1. The minimum absolute atomic E-state index is 0.0267. The van der Waals surface area contributed by atoms with Gasteiger partial charge in [0.1, 0.15) is 10.8 Å². The van der Waals surface area contributed by atoms with Crippen molar-refractivity contribution in [2.24, 2.45) is 0 Å². The maximum Gasteiger partial charge on any atom is 0.230 e. The predicted octanol–water partition coefficient (Wildman–Crippen LogP) is 3.43. The Morgan fingerprint density at radius 3 is 2.87 bits per heavy atom. The number of carbonyl (C=O) groups is 1. The predicted molar refractivity (Wildman–Crippen MR) is 94.0 cm³/mol. The van der Waals surface area contributed by atoms with Crippen molar-refractivity contribution in [3.63, 3.8) is 0 Å². The Bertz CT molecular complexity index is 646. The van der Waals surface area contributed by atoms with E-state index >= 15 is 0 Å². The van der Waals surface area contributed by atoms with Crippen LogP contribution in [-0.4, -0.2) is 28.0 Å². The summed E-state index contributed by atoms with van der Waals surface area (Å²) >= 11 is 2.90. The van der Waals surface area contributed by atoms with Gasteiger partial charge < -0.3 is 10.1 Å². The summed E-state index contributed by atoms with van der Waals surface area (Å²) in [6.07, 6.45) is 1.10. The van der Waals surface area contributed by atoms with Gasteiger partial charge in [-0.1, -0.05) is 48.2 Å². The van der Waals surface area contributed by atoms with E-state index < -0.39 is 0 Å². The van der Waals surface area contributed by atoms with Gasteiger partial charge in [-0.25, -0.2) is 0 Å². The summed E-state index contributed by atoms with van der Waals surface area (Å²) < 4.78 is 6.70. The van der Waals surface area contributed by atoms with E-state index in [-0.39, 0.29) is 12.0 Å². The van der Waals surface area contributed by atoms with E-state index in [0.717, 1.165) is 27.1 Å². The summed E-state index contributed by atoms with van der Waals surface area (Å²) in [6, 6.07) is 7.80. The number of amides is 1. The van der Waals surface area contributed by atoms with Gasteiger partial charge in [-0.2, -0.15) is 0 Å². The van der Waals surface area contributed by atoms with Crippen LogP contribution in [0.1, 0.15) is 30.8 Å². The van der Waals surface area contributed by atoms with E-state index in [1.807, 2.05) is 38.1 Å². The summed E-state index contributed by atoms with van der Waals surface area (Å²) in [4.78, 5) is 12.0. The lowest BCUT2D eigenvalue weighted by atomic mass is 10.2. The quantitative estimate of drug-likeness (QED) is 0.738. The van der Waals surface area contributed by atoms with Crippen LogP contribution in [-0.2, 0) is 11.3 Å². The van der Waals surface area contributed by atoms with Crippen LogP contribution >= 0.6 is 23.1 Å². The highest BCUT2D eigenvalue weighted by atomic mass is 32.2. The lowest BCUT2D eigenvalue weighted by Crippen LogP contribution is -2.25. The van der Waals surface area contributed by atoms with Gasteiger partial charge in [0.2, 0.25) is 5.91 Å². The molecule has 0 spiro atoms. The van der Waals surface area contributed by atoms with Gasteiger partial charge in [0.25, 0.3) is 0 Å². The SMILES string of the molecule is CC[C@@H](C)Oc1ccccc1CNC(=O)CSc1nnc(C)s1. The van der Waals surface area contributed by atoms with Crippen molar-refractivity contribution in [1.29, 1.82) is 0 Å². The first-order chi connectivity index (χ1) is 11.1. The number of benzene rings is 1. The number of aryl methyl sites for hydroxylation is 1. The molecule has 5 nitrogen and oxygen atoms in total. The molecular weight excluding hydrogens is 330 g/mol. The number of nitrogens with one attached hydrogen (secondary N) is 1. The molecule has 23 heavy (non-hydrogen) atoms. The number of hydrogen-bond acceptors (Lipinski definition) is 6. The fraction of sp³-hybridized carbons (Fsp3) is 0.438. The molecule has 0 bridgehead atoms. The second-order valence-electron chi connectivity index (χ2n) is 5.10. The molecule has 1 heterocycles. The summed E-state index contributed by atoms with van der Waals surface area (Å²) in [5.41, 5.74) is 0.984. The zero-order valence-corrected chi connectivity index (χ0v) is 15.2. The Morgan fingerprint density at radius 2 is 2.17 bits per heavy atom. The molecule has 1 atom stereocenters. The van der Waals surface area contributed by atoms with E-state index in [1.54, 1.807) is 0 Å². The molecule has 0 aliphatic heterocycles. The average molecular weight is 351 g/mol. The molecular formula is C16H21N3O2S2. The van der Waals surface area contributed by atoms with Gasteiger partial charge >= 0.3 is 0 Å². The number of ether oxygens (including phenoxy) is 1. The smallest absolute Gasteiger partial charge is 0.230 e. The first-order valence-electron chi connectivity index (χ1n) is 7.52. The topological polar surface area (TPSA) is 64.1 Å². The van der Waals surface area contributed by atoms with Crippen molar-refractivity contribution < 1.29 is 9.53 Å². The average Bonchev–Trinajstić information content (AvgIpc) is 2.97. The standard InChI is InChI=1S/C16H21N3O2S2/c1-4-11(2)21-14-8-6-5-7-13(14)9-17-15(20)10-22-16-19-18-12(3)23-16/h5-8,11H,4,9-10H2,1-3H3,(H,17,20)/t11-/m1/s1. The Morgan fingerprint density at radius 1 is 1.39 bits per heavy atom. The van der Waals surface area contributed by atoms with Gasteiger partial charge in [0.15, 0.2) is 4.34 Å². The number of thioether (sulfide) groups is 1. The third-order valence-corrected chi connectivity index (χ3v) is 5.16. The molecule has 0 saturated carbocycles. The largest absolute Gasteiger partial charge is 0.490 e. The molecule has 0 fully saturated rings. The number of rotatable bonds is 8. The van der Waals surface area contributed by atoms with E-state index in [2.05, 4.69) is 22.4 Å². The van der Waals surface area contributed by atoms with Crippen molar-refractivity contribution in [2.45, 2.75) is 44.2 Å². The van der Waals surface area contributed by atoms with Gasteiger partial charge in [0, 0.05) is 12.1 Å². The molecule has 124 valence electrons. The highest BCUT2D eigenvalue weighted by Gasteiger charge is 2.09. The van der Waals surface area contributed by atoms with Gasteiger partial charge in [0.05, 0.1) is 11.9 Å². The van der Waals surface area contributed by atoms with Crippen LogP contribution < -0.4 is 10.1 Å². The molecule has 1 N–H and O–H groups in total. The molecule has 1 aromatic carbocycles. The summed E-state index contributed by atoms with van der Waals surface area (Å²) in [5, 5.41) is 11.8. The van der Waals surface area contributed by atoms with Crippen LogP contribution in [0.2, 0.25) is 0 Å². The molecule has 0 aliphatic carbocycles. The minimum atomic E-state index is -0.0267. The van der Waals surface area contributed by atoms with Gasteiger partial charge in [-0.15, -0.1) is 10.2 Å². The minimum Gasteiger partial charge on any atom is -0.490 e. The Labute approximate surface area is 144 Å². The maximum atomic E-state index is 12.0. The van der Waals surface area contributed by atoms with Gasteiger partial charge in [-0.05, 0) is 26.3 Å². The lowest BCUT2D eigenvalue weighted by molar-refractivity contribution is -0.118. The van der Waals surface area contributed by atoms with Crippen molar-refractivity contribution >= 4 is 29.0 Å². The molecule has 1 aromatic heterocycles. The Hall–Kier alpha value is -1.60. The fourth-order valence-electron chi connectivity index (χ4n) is 1.77. The van der Waals surface area contributed by atoms with Crippen molar-refractivity contribution in [3.05, 3.63) is 34.8 Å². The molecule has 0 saturated heterocycles. The van der Waals surface area contributed by atoms with Crippen LogP contribution in [0.5, 0.6) is 5.75 Å². The molecule has 2 aromatic rings. The Balaban J connectivity index is 1.84. The lowest BCUT2D eigenvalue weighted by Gasteiger charge is -2.16. The molecule has 2 rings (SSSR count). The van der Waals surface area contributed by atoms with Crippen LogP contribution in [0, 0.1) is 6.92 Å². The number of nitrogens with zero attached hydrogens (tertiary/aromatic N) is 2. The summed E-state index contributed by atoms with van der Waals surface area (Å²) in [5.74, 6) is 1.14. The van der Waals surface area contributed by atoms with Crippen LogP contribution in [0.3, 0.4) is 0 Å². The molecule has 0 aliphatic rings. The van der Waals surface area contributed by atoms with Crippen LogP contribution in [0.4, 0.5) is 0 Å². The van der Waals surface area contributed by atoms with E-state index in [9.17, 15) is 4.79 Å². The molecule has 7 heteroatoms. The van der Waals surface area contributed by atoms with E-state index in [0.29, 0.717) is 12.3 Å². The first kappa shape index (κ1) is 17.7. The van der Waals surface area contributed by atoms with Crippen LogP contribution in [0.25, 0.3) is 0 Å². The zero-order valence-electron chi connectivity index (χ0n) is 13.5. The Kier molecular flexibility index (Phi) is 6.85. The third-order valence-electron chi connectivity index (χ3n) is 3.19. The zero-order chi connectivity index (χ0) is 16.7. The third kappa shape index (κ3) is 5.84. The highest BCUT2D eigenvalue weighted by Crippen LogP contribution is 2.22. The monoisotopic (exact) mass is 351 g/mol. The number of hydrogen-bond donors (Lipinski definition) is 1. The molecule has 0 unspecified atom stereocenters. The second-order valence-corrected chi connectivity index (χ2v) is 7.50. The summed E-state index contributed by atoms with van der Waals surface area (Å²) in [7, 11) is 0. The van der Waals surface area contributed by atoms with Crippen molar-refractivity contribution in [3.8, 4) is 5.75 Å². The fourth-order valence-corrected chi connectivity index (χ4v) is 3.42. The molecule has 1 amide bonds.